The van der Waals surface area contributed by atoms with Crippen LogP contribution < -0.4 is 16.0 Å². The zero-order valence-electron chi connectivity index (χ0n) is 27.2. The summed E-state index contributed by atoms with van der Waals surface area (Å²) in [6, 6.07) is 20.2. The number of carboxylic acids is 1. The fourth-order valence-electron chi connectivity index (χ4n) is 6.36. The molecule has 0 amide bonds. The summed E-state index contributed by atoms with van der Waals surface area (Å²) in [6.45, 7) is 6.21. The lowest BCUT2D eigenvalue weighted by molar-refractivity contribution is -0.136. The molecule has 11 heteroatoms. The van der Waals surface area contributed by atoms with Crippen LogP contribution in [-0.2, 0) is 17.9 Å². The van der Waals surface area contributed by atoms with Gasteiger partial charge in [-0.05, 0) is 91.5 Å². The van der Waals surface area contributed by atoms with Crippen LogP contribution in [0.25, 0.3) is 32.9 Å². The van der Waals surface area contributed by atoms with E-state index in [-0.39, 0.29) is 6.42 Å². The molecule has 10 nitrogen and oxygen atoms in total. The van der Waals surface area contributed by atoms with Gasteiger partial charge in [0.05, 0.1) is 17.1 Å². The number of aromatic nitrogens is 4. The average Bonchev–Trinajstić information content (AvgIpc) is 3.62. The van der Waals surface area contributed by atoms with Gasteiger partial charge in [0.25, 0.3) is 0 Å². The van der Waals surface area contributed by atoms with Gasteiger partial charge in [-0.2, -0.15) is 0 Å². The molecule has 0 aliphatic carbocycles. The van der Waals surface area contributed by atoms with Gasteiger partial charge < -0.3 is 21.1 Å². The summed E-state index contributed by atoms with van der Waals surface area (Å²) in [6.07, 6.45) is 9.90. The molecule has 4 N–H and O–H groups in total. The maximum atomic E-state index is 10.8. The summed E-state index contributed by atoms with van der Waals surface area (Å²) < 4.78 is 0. The van der Waals surface area contributed by atoms with E-state index in [1.165, 1.54) is 18.4 Å². The SMILES string of the molecule is Cc1c(Nc2nccc3cc(CN4CCCC4)cnc23)cccc1-c1cccc(Nc2nccc3cc(CNCCC(=O)O)cnc23)c1Cl. The molecular formula is C38H37ClN8O2. The molecule has 5 heterocycles. The van der Waals surface area contributed by atoms with Gasteiger partial charge >= 0.3 is 5.97 Å². The standard InChI is InChI=1S/C38H37ClN8O2/c1-24-29(6-4-8-31(24)45-37-36-28(11-15-41-37)19-26(22-44-36)23-47-16-2-3-17-47)30-7-5-9-32(34(30)39)46-38-35-27(10-14-42-38)18-25(21-43-35)20-40-13-12-33(48)49/h4-11,14-15,18-19,21-22,40H,2-3,12-13,16-17,20,23H2,1H3,(H,41,45)(H,42,46)(H,48,49). The molecule has 1 aliphatic heterocycles. The molecule has 49 heavy (non-hydrogen) atoms. The number of carboxylic acid groups (broad SMARTS) is 1. The number of benzene rings is 2. The minimum absolute atomic E-state index is 0.0673. The Balaban J connectivity index is 1.12. The van der Waals surface area contributed by atoms with E-state index in [9.17, 15) is 4.79 Å². The predicted octanol–water partition coefficient (Wildman–Crippen LogP) is 7.85. The molecule has 0 bridgehead atoms. The minimum Gasteiger partial charge on any atom is -0.481 e. The third-order valence-electron chi connectivity index (χ3n) is 8.89. The van der Waals surface area contributed by atoms with Gasteiger partial charge in [0, 0.05) is 66.4 Å². The molecular weight excluding hydrogens is 636 g/mol. The highest BCUT2D eigenvalue weighted by molar-refractivity contribution is 6.36. The Hall–Kier alpha value is -5.16. The zero-order chi connectivity index (χ0) is 33.7. The van der Waals surface area contributed by atoms with Gasteiger partial charge in [0.1, 0.15) is 11.0 Å². The summed E-state index contributed by atoms with van der Waals surface area (Å²) in [5.74, 6) is 0.471. The van der Waals surface area contributed by atoms with Gasteiger partial charge in [0.15, 0.2) is 11.6 Å². The number of aliphatic carboxylic acids is 1. The van der Waals surface area contributed by atoms with Crippen LogP contribution in [0.4, 0.5) is 23.0 Å². The molecule has 1 saturated heterocycles. The topological polar surface area (TPSA) is 128 Å². The molecule has 0 saturated carbocycles. The molecule has 4 aromatic heterocycles. The number of likely N-dealkylation sites (tertiary alicyclic amines) is 1. The Morgan fingerprint density at radius 1 is 0.816 bits per heavy atom. The first-order chi connectivity index (χ1) is 23.9. The number of fused-ring (bicyclic) bond motifs is 2. The smallest absolute Gasteiger partial charge is 0.304 e. The summed E-state index contributed by atoms with van der Waals surface area (Å²) in [4.78, 5) is 32.0. The molecule has 0 radical (unpaired) electrons. The third-order valence-corrected chi connectivity index (χ3v) is 9.30. The number of carbonyl (C=O) groups is 1. The van der Waals surface area contributed by atoms with Gasteiger partial charge in [-0.1, -0.05) is 35.9 Å². The fraction of sp³-hybridized carbons (Fsp3) is 0.237. The Morgan fingerprint density at radius 2 is 1.43 bits per heavy atom. The highest BCUT2D eigenvalue weighted by atomic mass is 35.5. The summed E-state index contributed by atoms with van der Waals surface area (Å²) in [5.41, 5.74) is 8.24. The van der Waals surface area contributed by atoms with Gasteiger partial charge in [-0.3, -0.25) is 19.7 Å². The molecule has 1 aliphatic rings. The number of nitrogens with zero attached hydrogens (tertiary/aromatic N) is 5. The number of hydrogen-bond donors (Lipinski definition) is 4. The van der Waals surface area contributed by atoms with Crippen LogP contribution in [0.2, 0.25) is 5.02 Å². The third kappa shape index (κ3) is 7.31. The van der Waals surface area contributed by atoms with Gasteiger partial charge in [-0.15, -0.1) is 0 Å². The van der Waals surface area contributed by atoms with Crippen LogP contribution in [-0.4, -0.2) is 55.5 Å². The number of anilines is 4. The monoisotopic (exact) mass is 672 g/mol. The lowest BCUT2D eigenvalue weighted by atomic mass is 9.98. The molecule has 1 fully saturated rings. The molecule has 0 spiro atoms. The van der Waals surface area contributed by atoms with Crippen LogP contribution >= 0.6 is 11.6 Å². The summed E-state index contributed by atoms with van der Waals surface area (Å²) >= 11 is 7.09. The van der Waals surface area contributed by atoms with Gasteiger partial charge in [0.2, 0.25) is 0 Å². The van der Waals surface area contributed by atoms with E-state index < -0.39 is 5.97 Å². The summed E-state index contributed by atoms with van der Waals surface area (Å²) in [7, 11) is 0. The van der Waals surface area contributed by atoms with Crippen molar-refractivity contribution < 1.29 is 9.90 Å². The molecule has 7 rings (SSSR count). The Morgan fingerprint density at radius 3 is 2.12 bits per heavy atom. The van der Waals surface area contributed by atoms with Crippen molar-refractivity contribution in [1.82, 2.24) is 30.2 Å². The van der Waals surface area contributed by atoms with Crippen LogP contribution in [0.1, 0.15) is 36.0 Å². The zero-order valence-corrected chi connectivity index (χ0v) is 28.0. The van der Waals surface area contributed by atoms with E-state index in [1.807, 2.05) is 60.9 Å². The molecule has 6 aromatic rings. The number of hydrogen-bond acceptors (Lipinski definition) is 9. The lowest BCUT2D eigenvalue weighted by Crippen LogP contribution is -2.18. The first kappa shape index (κ1) is 32.4. The number of rotatable bonds is 12. The Bertz CT molecular complexity index is 2150. The number of pyridine rings is 4. The van der Waals surface area contributed by atoms with E-state index in [2.05, 4.69) is 54.9 Å². The van der Waals surface area contributed by atoms with Crippen LogP contribution in [0, 0.1) is 6.92 Å². The predicted molar refractivity (Wildman–Crippen MR) is 196 cm³/mol. The van der Waals surface area contributed by atoms with E-state index in [1.54, 1.807) is 12.4 Å². The Labute approximate surface area is 289 Å². The second kappa shape index (κ2) is 14.5. The highest BCUT2D eigenvalue weighted by Crippen LogP contribution is 2.39. The first-order valence-electron chi connectivity index (χ1n) is 16.5. The van der Waals surface area contributed by atoms with Crippen LogP contribution in [0.5, 0.6) is 0 Å². The second-order valence-electron chi connectivity index (χ2n) is 12.3. The fourth-order valence-corrected chi connectivity index (χ4v) is 6.63. The second-order valence-corrected chi connectivity index (χ2v) is 12.7. The van der Waals surface area contributed by atoms with E-state index >= 15 is 0 Å². The Kier molecular flexibility index (Phi) is 9.61. The van der Waals surface area contributed by atoms with Crippen LogP contribution in [0.15, 0.2) is 85.5 Å². The largest absolute Gasteiger partial charge is 0.481 e. The molecule has 0 atom stereocenters. The molecule has 2 aromatic carbocycles. The van der Waals surface area contributed by atoms with Crippen molar-refractivity contribution in [2.75, 3.05) is 30.3 Å². The van der Waals surface area contributed by atoms with Crippen LogP contribution in [0.3, 0.4) is 0 Å². The minimum atomic E-state index is -0.828. The van der Waals surface area contributed by atoms with E-state index in [0.717, 1.165) is 63.9 Å². The molecule has 0 unspecified atom stereocenters. The average molecular weight is 673 g/mol. The van der Waals surface area contributed by atoms with Crippen molar-refractivity contribution in [3.05, 3.63) is 107 Å². The van der Waals surface area contributed by atoms with Gasteiger partial charge in [-0.25, -0.2) is 9.97 Å². The van der Waals surface area contributed by atoms with Crippen molar-refractivity contribution >= 4 is 62.4 Å². The maximum Gasteiger partial charge on any atom is 0.304 e. The highest BCUT2D eigenvalue weighted by Gasteiger charge is 2.16. The normalized spacial score (nSPS) is 13.3. The maximum absolute atomic E-state index is 10.8. The number of halogens is 1. The lowest BCUT2D eigenvalue weighted by Gasteiger charge is -2.17. The van der Waals surface area contributed by atoms with E-state index in [4.69, 9.17) is 21.7 Å². The quantitative estimate of drug-likeness (QED) is 0.0954. The van der Waals surface area contributed by atoms with E-state index in [0.29, 0.717) is 41.0 Å². The van der Waals surface area contributed by atoms with Crippen molar-refractivity contribution in [1.29, 1.82) is 0 Å². The summed E-state index contributed by atoms with van der Waals surface area (Å²) in [5, 5.41) is 21.5. The van der Waals surface area contributed by atoms with Crippen molar-refractivity contribution in [3.63, 3.8) is 0 Å². The molecule has 248 valence electrons. The van der Waals surface area contributed by atoms with Crippen molar-refractivity contribution in [3.8, 4) is 11.1 Å². The van der Waals surface area contributed by atoms with Crippen molar-refractivity contribution in [2.45, 2.75) is 39.3 Å². The first-order valence-corrected chi connectivity index (χ1v) is 16.9. The number of nitrogens with one attached hydrogen (secondary N) is 3. The van der Waals surface area contributed by atoms with Crippen molar-refractivity contribution in [2.24, 2.45) is 0 Å².